The first kappa shape index (κ1) is 10.8. The zero-order valence-corrected chi connectivity index (χ0v) is 8.67. The number of nitrogens with zero attached hydrogens (tertiary/aromatic N) is 1. The van der Waals surface area contributed by atoms with E-state index in [1.165, 1.54) is 0 Å². The molecular formula is C11H15NO2. The molecule has 0 amide bonds. The van der Waals surface area contributed by atoms with Gasteiger partial charge in [-0.25, -0.2) is 4.79 Å². The fraction of sp³-hybridized carbons (Fsp3) is 0.636. The number of hydrogen-bond acceptors (Lipinski definition) is 3. The first-order valence-corrected chi connectivity index (χ1v) is 5.08. The first-order valence-electron chi connectivity index (χ1n) is 5.08. The Labute approximate surface area is 84.4 Å². The molecule has 14 heavy (non-hydrogen) atoms. The highest BCUT2D eigenvalue weighted by Crippen LogP contribution is 2.28. The molecule has 0 aromatic heterocycles. The van der Waals surface area contributed by atoms with Crippen LogP contribution < -0.4 is 0 Å². The van der Waals surface area contributed by atoms with Crippen molar-refractivity contribution >= 4 is 5.97 Å². The molecule has 0 spiro atoms. The summed E-state index contributed by atoms with van der Waals surface area (Å²) in [5.74, 6) is -0.436. The van der Waals surface area contributed by atoms with Crippen LogP contribution in [0, 0.1) is 11.3 Å². The molecular weight excluding hydrogens is 178 g/mol. The Morgan fingerprint density at radius 2 is 2.14 bits per heavy atom. The fourth-order valence-electron chi connectivity index (χ4n) is 1.72. The maximum absolute atomic E-state index is 11.3. The van der Waals surface area contributed by atoms with E-state index in [2.05, 4.69) is 0 Å². The van der Waals surface area contributed by atoms with E-state index in [9.17, 15) is 4.79 Å². The Morgan fingerprint density at radius 3 is 2.64 bits per heavy atom. The van der Waals surface area contributed by atoms with Crippen molar-refractivity contribution in [3.05, 3.63) is 11.1 Å². The molecule has 1 rings (SSSR count). The van der Waals surface area contributed by atoms with Crippen LogP contribution in [0.15, 0.2) is 11.1 Å². The van der Waals surface area contributed by atoms with Crippen molar-refractivity contribution in [2.24, 2.45) is 0 Å². The number of rotatable bonds is 4. The zero-order chi connectivity index (χ0) is 10.6. The summed E-state index contributed by atoms with van der Waals surface area (Å²) >= 11 is 0. The molecule has 0 radical (unpaired) electrons. The molecule has 1 aliphatic rings. The average molecular weight is 193 g/mol. The molecule has 0 aromatic rings. The largest absolute Gasteiger partial charge is 0.454 e. The van der Waals surface area contributed by atoms with Gasteiger partial charge < -0.3 is 4.74 Å². The second-order valence-corrected chi connectivity index (χ2v) is 3.44. The molecule has 1 aliphatic heterocycles. The maximum Gasteiger partial charge on any atom is 0.349 e. The van der Waals surface area contributed by atoms with Crippen LogP contribution in [0.4, 0.5) is 0 Å². The predicted octanol–water partition coefficient (Wildman–Crippen LogP) is 2.33. The molecule has 3 nitrogen and oxygen atoms in total. The average Bonchev–Trinajstić information content (AvgIpc) is 2.44. The van der Waals surface area contributed by atoms with E-state index < -0.39 is 5.97 Å². The van der Waals surface area contributed by atoms with Crippen LogP contribution in [0.2, 0.25) is 0 Å². The van der Waals surface area contributed by atoms with Crippen LogP contribution in [-0.4, -0.2) is 12.1 Å². The molecule has 0 N–H and O–H groups in total. The molecule has 76 valence electrons. The molecule has 0 aromatic carbocycles. The van der Waals surface area contributed by atoms with Crippen LogP contribution in [0.3, 0.4) is 0 Å². The summed E-state index contributed by atoms with van der Waals surface area (Å²) in [6.45, 7) is 4.08. The van der Waals surface area contributed by atoms with Gasteiger partial charge in [0.2, 0.25) is 0 Å². The summed E-state index contributed by atoms with van der Waals surface area (Å²) in [6.07, 6.45) is 3.38. The molecule has 0 bridgehead atoms. The summed E-state index contributed by atoms with van der Waals surface area (Å²) < 4.78 is 5.13. The fourth-order valence-corrected chi connectivity index (χ4v) is 1.72. The third kappa shape index (κ3) is 1.95. The minimum absolute atomic E-state index is 0.137. The van der Waals surface area contributed by atoms with Gasteiger partial charge in [-0.1, -0.05) is 26.7 Å². The Balaban J connectivity index is 2.89. The van der Waals surface area contributed by atoms with Crippen molar-refractivity contribution in [2.45, 2.75) is 45.6 Å². The second kappa shape index (κ2) is 4.80. The molecule has 1 heterocycles. The number of carbonyl (C=O) groups excluding carboxylic acids is 1. The normalized spacial score (nSPS) is 20.9. The van der Waals surface area contributed by atoms with Crippen molar-refractivity contribution in [2.75, 3.05) is 0 Å². The molecule has 0 saturated carbocycles. The number of carbonyl (C=O) groups is 1. The van der Waals surface area contributed by atoms with E-state index in [0.717, 1.165) is 31.3 Å². The predicted molar refractivity (Wildman–Crippen MR) is 52.3 cm³/mol. The van der Waals surface area contributed by atoms with Crippen LogP contribution in [0.1, 0.15) is 39.5 Å². The van der Waals surface area contributed by atoms with Gasteiger partial charge in [0.25, 0.3) is 0 Å². The van der Waals surface area contributed by atoms with Gasteiger partial charge in [0.15, 0.2) is 0 Å². The van der Waals surface area contributed by atoms with E-state index in [1.54, 1.807) is 0 Å². The lowest BCUT2D eigenvalue weighted by Gasteiger charge is -2.11. The Hall–Kier alpha value is -1.30. The van der Waals surface area contributed by atoms with Gasteiger partial charge in [0, 0.05) is 0 Å². The van der Waals surface area contributed by atoms with Crippen LogP contribution in [0.5, 0.6) is 0 Å². The molecule has 0 aliphatic carbocycles. The monoisotopic (exact) mass is 193 g/mol. The van der Waals surface area contributed by atoms with Crippen molar-refractivity contribution in [3.63, 3.8) is 0 Å². The molecule has 0 fully saturated rings. The SMILES string of the molecule is CCCC1=C(C#N)C(=O)OC1CCC. The number of esters is 1. The van der Waals surface area contributed by atoms with Gasteiger partial charge in [0.1, 0.15) is 17.7 Å². The maximum atomic E-state index is 11.3. The van der Waals surface area contributed by atoms with Crippen molar-refractivity contribution < 1.29 is 9.53 Å². The minimum Gasteiger partial charge on any atom is -0.454 e. The smallest absolute Gasteiger partial charge is 0.349 e. The minimum atomic E-state index is -0.436. The van der Waals surface area contributed by atoms with E-state index >= 15 is 0 Å². The lowest BCUT2D eigenvalue weighted by molar-refractivity contribution is -0.139. The van der Waals surface area contributed by atoms with Gasteiger partial charge in [-0.05, 0) is 18.4 Å². The number of hydrogen-bond donors (Lipinski definition) is 0. The Bertz CT molecular complexity index is 299. The van der Waals surface area contributed by atoms with Crippen molar-refractivity contribution in [3.8, 4) is 6.07 Å². The first-order chi connectivity index (χ1) is 6.74. The summed E-state index contributed by atoms with van der Waals surface area (Å²) in [4.78, 5) is 11.3. The number of cyclic esters (lactones) is 1. The van der Waals surface area contributed by atoms with E-state index in [0.29, 0.717) is 0 Å². The molecule has 1 unspecified atom stereocenters. The molecule has 0 saturated heterocycles. The zero-order valence-electron chi connectivity index (χ0n) is 8.67. The summed E-state index contributed by atoms with van der Waals surface area (Å²) in [7, 11) is 0. The summed E-state index contributed by atoms with van der Waals surface area (Å²) in [6, 6.07) is 1.94. The quantitative estimate of drug-likeness (QED) is 0.644. The summed E-state index contributed by atoms with van der Waals surface area (Å²) in [5.41, 5.74) is 1.15. The summed E-state index contributed by atoms with van der Waals surface area (Å²) in [5, 5.41) is 8.81. The van der Waals surface area contributed by atoms with E-state index in [-0.39, 0.29) is 11.7 Å². The van der Waals surface area contributed by atoms with Gasteiger partial charge in [0.05, 0.1) is 0 Å². The van der Waals surface area contributed by atoms with E-state index in [4.69, 9.17) is 10.00 Å². The van der Waals surface area contributed by atoms with Gasteiger partial charge in [-0.15, -0.1) is 0 Å². The lowest BCUT2D eigenvalue weighted by Crippen LogP contribution is -2.11. The Kier molecular flexibility index (Phi) is 3.70. The topological polar surface area (TPSA) is 50.1 Å². The third-order valence-corrected chi connectivity index (χ3v) is 2.35. The Morgan fingerprint density at radius 1 is 1.43 bits per heavy atom. The number of ether oxygens (including phenoxy) is 1. The highest BCUT2D eigenvalue weighted by atomic mass is 16.5. The van der Waals surface area contributed by atoms with Crippen LogP contribution in [0.25, 0.3) is 0 Å². The van der Waals surface area contributed by atoms with Crippen LogP contribution in [-0.2, 0) is 9.53 Å². The van der Waals surface area contributed by atoms with Crippen molar-refractivity contribution in [1.29, 1.82) is 5.26 Å². The molecule has 1 atom stereocenters. The highest BCUT2D eigenvalue weighted by Gasteiger charge is 2.32. The van der Waals surface area contributed by atoms with Gasteiger partial charge in [-0.2, -0.15) is 5.26 Å². The van der Waals surface area contributed by atoms with E-state index in [1.807, 2.05) is 19.9 Å². The standard InChI is InChI=1S/C11H15NO2/c1-3-5-8-9(7-12)11(13)14-10(8)6-4-2/h10H,3-6H2,1-2H3. The van der Waals surface area contributed by atoms with Gasteiger partial charge >= 0.3 is 5.97 Å². The number of nitriles is 1. The lowest BCUT2D eigenvalue weighted by atomic mass is 9.98. The second-order valence-electron chi connectivity index (χ2n) is 3.44. The highest BCUT2D eigenvalue weighted by molar-refractivity contribution is 5.96. The van der Waals surface area contributed by atoms with Gasteiger partial charge in [-0.3, -0.25) is 0 Å². The van der Waals surface area contributed by atoms with Crippen LogP contribution >= 0.6 is 0 Å². The van der Waals surface area contributed by atoms with Crippen molar-refractivity contribution in [1.82, 2.24) is 0 Å². The third-order valence-electron chi connectivity index (χ3n) is 2.35. The molecule has 3 heteroatoms.